The number of hydrogen-bond donors (Lipinski definition) is 6. The Balaban J connectivity index is 1.55. The number of hydrogen-bond acceptors (Lipinski definition) is 12. The Morgan fingerprint density at radius 3 is 2.64 bits per heavy atom. The van der Waals surface area contributed by atoms with E-state index in [1.807, 2.05) is 5.40 Å². The second kappa shape index (κ2) is 16.6. The number of thioether (sulfide) groups is 1. The van der Waals surface area contributed by atoms with E-state index in [0.29, 0.717) is 42.3 Å². The number of nitrogens with one attached hydrogen (secondary N) is 3. The zero-order valence-corrected chi connectivity index (χ0v) is 21.3. The van der Waals surface area contributed by atoms with Crippen LogP contribution in [0, 0.1) is 10.7 Å². The van der Waals surface area contributed by atoms with Gasteiger partial charge in [-0.05, 0) is 24.4 Å². The van der Waals surface area contributed by atoms with Crippen LogP contribution in [0.4, 0.5) is 5.82 Å². The lowest BCUT2D eigenvalue weighted by Crippen LogP contribution is -2.64. The highest BCUT2D eigenvalue weighted by molar-refractivity contribution is 8.03. The van der Waals surface area contributed by atoms with Gasteiger partial charge in [-0.25, -0.2) is 4.98 Å². The number of thiocyanates is 1. The number of anilines is 1. The van der Waals surface area contributed by atoms with E-state index in [4.69, 9.17) is 36.4 Å². The van der Waals surface area contributed by atoms with Gasteiger partial charge in [0.2, 0.25) is 5.91 Å². The molecule has 36 heavy (non-hydrogen) atoms. The number of nitrogens with zero attached hydrogens (tertiary/aromatic N) is 2. The van der Waals surface area contributed by atoms with Crippen molar-refractivity contribution in [2.45, 2.75) is 42.6 Å². The van der Waals surface area contributed by atoms with Crippen LogP contribution >= 0.6 is 24.0 Å². The Hall–Kier alpha value is -2.13. The fourth-order valence-corrected chi connectivity index (χ4v) is 3.73. The second-order valence-electron chi connectivity index (χ2n) is 7.46. The molecule has 1 fully saturated rings. The van der Waals surface area contributed by atoms with Crippen LogP contribution in [-0.2, 0) is 23.7 Å². The third-order valence-electron chi connectivity index (χ3n) is 4.78. The van der Waals surface area contributed by atoms with Gasteiger partial charge in [0.25, 0.3) is 0 Å². The summed E-state index contributed by atoms with van der Waals surface area (Å²) in [6.45, 7) is 2.53. The lowest BCUT2D eigenvalue weighted by Gasteiger charge is -2.42. The van der Waals surface area contributed by atoms with Gasteiger partial charge in [-0.1, -0.05) is 6.07 Å². The molecule has 1 amide bonds. The van der Waals surface area contributed by atoms with Crippen LogP contribution < -0.4 is 16.0 Å². The maximum absolute atomic E-state index is 11.4. The van der Waals surface area contributed by atoms with Crippen LogP contribution in [0.15, 0.2) is 23.2 Å². The number of aromatic nitrogens is 1. The molecule has 0 saturated carbocycles. The number of aliphatic hydroxyl groups is 3. The minimum Gasteiger partial charge on any atom is -0.394 e. The van der Waals surface area contributed by atoms with E-state index in [1.54, 1.807) is 18.2 Å². The monoisotopic (exact) mass is 545 g/mol. The number of thiocarbonyl (C=S) groups is 1. The summed E-state index contributed by atoms with van der Waals surface area (Å²) in [4.78, 5) is 15.6. The molecule has 2 heterocycles. The van der Waals surface area contributed by atoms with Gasteiger partial charge in [-0.15, -0.1) is 0 Å². The molecule has 0 radical (unpaired) electrons. The molecular formula is C21H31N5O8S2. The molecule has 200 valence electrons. The van der Waals surface area contributed by atoms with Crippen LogP contribution in [0.1, 0.15) is 6.92 Å². The predicted molar refractivity (Wildman–Crippen MR) is 133 cm³/mol. The molecule has 13 nitrogen and oxygen atoms in total. The van der Waals surface area contributed by atoms with Crippen molar-refractivity contribution in [1.29, 1.82) is 5.26 Å². The van der Waals surface area contributed by atoms with Gasteiger partial charge >= 0.3 is 0 Å². The van der Waals surface area contributed by atoms with Gasteiger partial charge in [-0.2, -0.15) is 5.26 Å². The van der Waals surface area contributed by atoms with Crippen molar-refractivity contribution in [3.8, 4) is 5.40 Å². The fourth-order valence-electron chi connectivity index (χ4n) is 3.14. The number of aliphatic hydroxyl groups excluding tert-OH is 3. The second-order valence-corrected chi connectivity index (χ2v) is 8.68. The van der Waals surface area contributed by atoms with Gasteiger partial charge in [0.05, 0.1) is 39.6 Å². The van der Waals surface area contributed by atoms with Crippen LogP contribution in [0.3, 0.4) is 0 Å². The number of rotatable bonds is 14. The van der Waals surface area contributed by atoms with Crippen molar-refractivity contribution in [2.24, 2.45) is 0 Å². The zero-order valence-electron chi connectivity index (χ0n) is 19.7. The normalized spacial score (nSPS) is 23.5. The first kappa shape index (κ1) is 30.1. The number of amides is 1. The number of carbonyl (C=O) groups is 1. The Bertz CT molecular complexity index is 877. The number of nitriles is 1. The third-order valence-corrected chi connectivity index (χ3v) is 5.55. The fraction of sp³-hybridized carbons (Fsp3) is 0.619. The zero-order chi connectivity index (χ0) is 26.3. The summed E-state index contributed by atoms with van der Waals surface area (Å²) in [7, 11) is 0. The minimum atomic E-state index is -1.36. The molecule has 5 atom stereocenters. The summed E-state index contributed by atoms with van der Waals surface area (Å²) in [6, 6.07) is 4.25. The Morgan fingerprint density at radius 1 is 1.22 bits per heavy atom. The lowest BCUT2D eigenvalue weighted by molar-refractivity contribution is -0.272. The molecule has 0 bridgehead atoms. The van der Waals surface area contributed by atoms with Crippen molar-refractivity contribution in [3.05, 3.63) is 18.2 Å². The molecule has 1 aromatic rings. The van der Waals surface area contributed by atoms with Crippen molar-refractivity contribution in [2.75, 3.05) is 51.5 Å². The van der Waals surface area contributed by atoms with E-state index >= 15 is 0 Å². The Kier molecular flexibility index (Phi) is 13.9. The number of pyridine rings is 1. The summed E-state index contributed by atoms with van der Waals surface area (Å²) >= 11 is 6.16. The quantitative estimate of drug-likeness (QED) is 0.0718. The van der Waals surface area contributed by atoms with Crippen molar-refractivity contribution >= 4 is 40.8 Å². The average molecular weight is 546 g/mol. The molecule has 6 N–H and O–H groups in total. The summed E-state index contributed by atoms with van der Waals surface area (Å²) in [5.74, 6) is 0.106. The van der Waals surface area contributed by atoms with E-state index in [1.165, 1.54) is 6.92 Å². The van der Waals surface area contributed by atoms with Crippen LogP contribution in [0.5, 0.6) is 0 Å². The van der Waals surface area contributed by atoms with Gasteiger partial charge in [-0.3, -0.25) is 4.79 Å². The third kappa shape index (κ3) is 10.5. The highest BCUT2D eigenvalue weighted by atomic mass is 32.2. The van der Waals surface area contributed by atoms with Gasteiger partial charge in [0.15, 0.2) is 11.4 Å². The molecular weight excluding hydrogens is 514 g/mol. The minimum absolute atomic E-state index is 0.0886. The van der Waals surface area contributed by atoms with Crippen LogP contribution in [0.25, 0.3) is 0 Å². The molecule has 0 aromatic carbocycles. The van der Waals surface area contributed by atoms with Gasteiger partial charge in [0.1, 0.15) is 40.6 Å². The van der Waals surface area contributed by atoms with E-state index in [9.17, 15) is 20.1 Å². The summed E-state index contributed by atoms with van der Waals surface area (Å²) in [5, 5.41) is 49.6. The molecule has 5 unspecified atom stereocenters. The van der Waals surface area contributed by atoms with Gasteiger partial charge < -0.3 is 50.2 Å². The number of carbonyl (C=O) groups excluding carboxylic acids is 1. The van der Waals surface area contributed by atoms with Crippen molar-refractivity contribution < 1.29 is 39.1 Å². The summed E-state index contributed by atoms with van der Waals surface area (Å²) in [5.41, 5.74) is 0. The first-order valence-corrected chi connectivity index (χ1v) is 12.3. The molecule has 2 rings (SSSR count). The molecule has 0 aliphatic carbocycles. The summed E-state index contributed by atoms with van der Waals surface area (Å²) in [6.07, 6.45) is -4.82. The highest BCUT2D eigenvalue weighted by Gasteiger charge is 2.45. The Labute approximate surface area is 218 Å². The predicted octanol–water partition coefficient (Wildman–Crippen LogP) is -1.07. The standard InChI is InChI=1S/C21H31N5O8S2/c1-13(28)24-17-19(30)18(29)14(11-27)34-20(17)33-10-9-32-8-7-31-6-5-23-21(35)26-15-3-2-4-16(25-15)36-12-22/h2-4,14,17-20,27,29-30H,5-11H2,1H3,(H,24,28)(H2,23,25,26,35). The maximum Gasteiger partial charge on any atom is 0.217 e. The summed E-state index contributed by atoms with van der Waals surface area (Å²) < 4.78 is 21.9. The van der Waals surface area contributed by atoms with E-state index in [-0.39, 0.29) is 13.2 Å². The van der Waals surface area contributed by atoms with E-state index in [2.05, 4.69) is 20.9 Å². The molecule has 15 heteroatoms. The molecule has 1 aliphatic heterocycles. The maximum atomic E-state index is 11.4. The SMILES string of the molecule is CC(=O)NC1C(OCCOCCOCCNC(=S)Nc2cccc(SC#N)n2)OC(CO)C(O)C1O. The van der Waals surface area contributed by atoms with E-state index < -0.39 is 43.2 Å². The average Bonchev–Trinajstić information content (AvgIpc) is 2.84. The molecule has 1 aliphatic rings. The largest absolute Gasteiger partial charge is 0.394 e. The van der Waals surface area contributed by atoms with Crippen LogP contribution in [-0.4, -0.2) is 108 Å². The van der Waals surface area contributed by atoms with E-state index in [0.717, 1.165) is 11.8 Å². The molecule has 1 aromatic heterocycles. The first-order chi connectivity index (χ1) is 17.3. The Morgan fingerprint density at radius 2 is 1.94 bits per heavy atom. The lowest BCUT2D eigenvalue weighted by atomic mass is 9.97. The topological polar surface area (TPSA) is 187 Å². The molecule has 0 spiro atoms. The van der Waals surface area contributed by atoms with Crippen molar-refractivity contribution in [3.63, 3.8) is 0 Å². The smallest absolute Gasteiger partial charge is 0.217 e. The van der Waals surface area contributed by atoms with Crippen molar-refractivity contribution in [1.82, 2.24) is 15.6 Å². The first-order valence-electron chi connectivity index (χ1n) is 11.1. The van der Waals surface area contributed by atoms with Gasteiger partial charge in [0, 0.05) is 25.2 Å². The highest BCUT2D eigenvalue weighted by Crippen LogP contribution is 2.22. The number of ether oxygens (including phenoxy) is 4. The van der Waals surface area contributed by atoms with Crippen LogP contribution in [0.2, 0.25) is 0 Å². The molecule has 1 saturated heterocycles.